The summed E-state index contributed by atoms with van der Waals surface area (Å²) in [6.07, 6.45) is 0.922. The summed E-state index contributed by atoms with van der Waals surface area (Å²) in [4.78, 5) is 9.90. The van der Waals surface area contributed by atoms with E-state index in [-0.39, 0.29) is 11.3 Å². The number of nitro benzene ring substituents is 1. The van der Waals surface area contributed by atoms with Crippen LogP contribution in [0.15, 0.2) is 29.4 Å². The average molecular weight is 331 g/mol. The molecule has 0 amide bonds. The van der Waals surface area contributed by atoms with E-state index >= 15 is 0 Å². The molecule has 0 heterocycles. The lowest BCUT2D eigenvalue weighted by atomic mass is 10.2. The summed E-state index contributed by atoms with van der Waals surface area (Å²) in [7, 11) is 0. The zero-order valence-electron chi connectivity index (χ0n) is 11.0. The third-order valence-corrected chi connectivity index (χ3v) is 2.68. The topological polar surface area (TPSA) is 67.5 Å². The molecule has 120 valence electrons. The van der Waals surface area contributed by atoms with Crippen LogP contribution in [-0.4, -0.2) is 11.1 Å². The number of hydrazone groups is 1. The van der Waals surface area contributed by atoms with E-state index in [1.807, 2.05) is 0 Å². The highest BCUT2D eigenvalue weighted by Crippen LogP contribution is 2.27. The second-order valence-corrected chi connectivity index (χ2v) is 4.17. The number of benzene rings is 2. The van der Waals surface area contributed by atoms with Crippen LogP contribution >= 0.6 is 0 Å². The van der Waals surface area contributed by atoms with Crippen LogP contribution < -0.4 is 5.43 Å². The maximum Gasteiger partial charge on any atom is 0.270 e. The zero-order chi connectivity index (χ0) is 17.1. The summed E-state index contributed by atoms with van der Waals surface area (Å²) >= 11 is 0. The van der Waals surface area contributed by atoms with Gasteiger partial charge in [-0.15, -0.1) is 0 Å². The number of hydrogen-bond donors (Lipinski definition) is 1. The third-order valence-electron chi connectivity index (χ3n) is 2.68. The van der Waals surface area contributed by atoms with Crippen molar-refractivity contribution in [3.05, 3.63) is 69.0 Å². The Morgan fingerprint density at radius 3 is 2.13 bits per heavy atom. The highest BCUT2D eigenvalue weighted by Gasteiger charge is 2.25. The van der Waals surface area contributed by atoms with Crippen molar-refractivity contribution in [2.45, 2.75) is 0 Å². The van der Waals surface area contributed by atoms with E-state index < -0.39 is 39.7 Å². The molecule has 0 aliphatic carbocycles. The van der Waals surface area contributed by atoms with Crippen LogP contribution in [0, 0.1) is 39.2 Å². The molecule has 0 aliphatic rings. The quantitative estimate of drug-likeness (QED) is 0.232. The van der Waals surface area contributed by atoms with Crippen LogP contribution in [0.1, 0.15) is 5.56 Å². The molecule has 0 spiro atoms. The van der Waals surface area contributed by atoms with Crippen molar-refractivity contribution in [1.82, 2.24) is 0 Å². The Balaban J connectivity index is 2.28. The van der Waals surface area contributed by atoms with Gasteiger partial charge < -0.3 is 0 Å². The molecule has 0 saturated heterocycles. The second-order valence-electron chi connectivity index (χ2n) is 4.17. The molecule has 1 N–H and O–H groups in total. The van der Waals surface area contributed by atoms with Crippen LogP contribution in [0.3, 0.4) is 0 Å². The minimum atomic E-state index is -2.28. The van der Waals surface area contributed by atoms with Gasteiger partial charge in [-0.25, -0.2) is 22.0 Å². The maximum atomic E-state index is 13.4. The van der Waals surface area contributed by atoms with E-state index in [1.165, 1.54) is 18.2 Å². The van der Waals surface area contributed by atoms with Gasteiger partial charge in [0.25, 0.3) is 5.69 Å². The number of halogens is 5. The molecule has 2 aromatic carbocycles. The maximum absolute atomic E-state index is 13.4. The average Bonchev–Trinajstić information content (AvgIpc) is 2.54. The first-order chi connectivity index (χ1) is 10.8. The Morgan fingerprint density at radius 1 is 1.00 bits per heavy atom. The molecule has 0 aliphatic heterocycles. The molecule has 10 heteroatoms. The van der Waals surface area contributed by atoms with Crippen molar-refractivity contribution < 1.29 is 26.9 Å². The highest BCUT2D eigenvalue weighted by molar-refractivity contribution is 5.81. The number of rotatable bonds is 4. The lowest BCUT2D eigenvalue weighted by Crippen LogP contribution is -2.06. The number of nitrogens with zero attached hydrogens (tertiary/aromatic N) is 2. The van der Waals surface area contributed by atoms with Crippen molar-refractivity contribution >= 4 is 17.6 Å². The van der Waals surface area contributed by atoms with Gasteiger partial charge in [0.05, 0.1) is 11.1 Å². The monoisotopic (exact) mass is 331 g/mol. The van der Waals surface area contributed by atoms with Crippen molar-refractivity contribution in [3.63, 3.8) is 0 Å². The molecule has 0 unspecified atom stereocenters. The van der Waals surface area contributed by atoms with Gasteiger partial charge in [0.1, 0.15) is 5.69 Å². The summed E-state index contributed by atoms with van der Waals surface area (Å²) < 4.78 is 65.5. The van der Waals surface area contributed by atoms with Gasteiger partial charge in [-0.1, -0.05) is 12.1 Å². The van der Waals surface area contributed by atoms with Crippen molar-refractivity contribution in [2.75, 3.05) is 5.43 Å². The molecule has 2 rings (SSSR count). The van der Waals surface area contributed by atoms with E-state index in [1.54, 1.807) is 5.43 Å². The predicted molar refractivity (Wildman–Crippen MR) is 70.5 cm³/mol. The lowest BCUT2D eigenvalue weighted by Gasteiger charge is -2.06. The van der Waals surface area contributed by atoms with Crippen LogP contribution in [0.5, 0.6) is 0 Å². The van der Waals surface area contributed by atoms with E-state index in [9.17, 15) is 32.1 Å². The Hall–Kier alpha value is -3.04. The minimum Gasteiger partial charge on any atom is -0.272 e. The molecule has 0 aromatic heterocycles. The molecular formula is C13H6F5N3O2. The minimum absolute atomic E-state index is 0.176. The molecular weight excluding hydrogens is 325 g/mol. The highest BCUT2D eigenvalue weighted by atomic mass is 19.2. The Kier molecular flexibility index (Phi) is 4.53. The molecule has 0 saturated carbocycles. The zero-order valence-corrected chi connectivity index (χ0v) is 11.0. The van der Waals surface area contributed by atoms with Gasteiger partial charge in [0, 0.05) is 17.7 Å². The Bertz CT molecular complexity index is 781. The first-order valence-corrected chi connectivity index (χ1v) is 5.88. The van der Waals surface area contributed by atoms with E-state index in [0.717, 1.165) is 12.3 Å². The lowest BCUT2D eigenvalue weighted by molar-refractivity contribution is -0.384. The van der Waals surface area contributed by atoms with Crippen LogP contribution in [0.4, 0.5) is 33.3 Å². The van der Waals surface area contributed by atoms with E-state index in [4.69, 9.17) is 0 Å². The third kappa shape index (κ3) is 3.25. The van der Waals surface area contributed by atoms with E-state index in [2.05, 4.69) is 5.10 Å². The molecule has 5 nitrogen and oxygen atoms in total. The SMILES string of the molecule is O=[N+]([O-])c1cccc(C=NNc2c(F)c(F)c(F)c(F)c2F)c1. The first-order valence-electron chi connectivity index (χ1n) is 5.88. The van der Waals surface area contributed by atoms with Gasteiger partial charge in [-0.05, 0) is 0 Å². The van der Waals surface area contributed by atoms with Gasteiger partial charge in [0.2, 0.25) is 5.82 Å². The number of hydrogen-bond acceptors (Lipinski definition) is 4. The van der Waals surface area contributed by atoms with Gasteiger partial charge in [0.15, 0.2) is 23.3 Å². The number of nitro groups is 1. The van der Waals surface area contributed by atoms with Crippen molar-refractivity contribution in [3.8, 4) is 0 Å². The van der Waals surface area contributed by atoms with E-state index in [0.29, 0.717) is 0 Å². The first kappa shape index (κ1) is 16.3. The second kappa shape index (κ2) is 6.38. The Labute approximate surface area is 125 Å². The predicted octanol–water partition coefficient (Wildman–Crippen LogP) is 3.74. The number of non-ortho nitro benzene ring substituents is 1. The summed E-state index contributed by atoms with van der Waals surface area (Å²) in [6, 6.07) is 5.02. The summed E-state index contributed by atoms with van der Waals surface area (Å²) in [5.74, 6) is -10.7. The molecule has 0 fully saturated rings. The summed E-state index contributed by atoms with van der Waals surface area (Å²) in [6.45, 7) is 0. The molecule has 0 atom stereocenters. The fourth-order valence-electron chi connectivity index (χ4n) is 1.59. The van der Waals surface area contributed by atoms with Crippen molar-refractivity contribution in [1.29, 1.82) is 0 Å². The fourth-order valence-corrected chi connectivity index (χ4v) is 1.59. The molecule has 0 bridgehead atoms. The summed E-state index contributed by atoms with van der Waals surface area (Å²) in [5, 5.41) is 13.9. The van der Waals surface area contributed by atoms with Gasteiger partial charge >= 0.3 is 0 Å². The van der Waals surface area contributed by atoms with Gasteiger partial charge in [-0.2, -0.15) is 5.10 Å². The van der Waals surface area contributed by atoms with Crippen LogP contribution in [0.25, 0.3) is 0 Å². The summed E-state index contributed by atoms with van der Waals surface area (Å²) in [5.41, 5.74) is 0.277. The smallest absolute Gasteiger partial charge is 0.270 e. The van der Waals surface area contributed by atoms with Crippen LogP contribution in [-0.2, 0) is 0 Å². The number of nitrogens with one attached hydrogen (secondary N) is 1. The normalized spacial score (nSPS) is 11.0. The van der Waals surface area contributed by atoms with Crippen molar-refractivity contribution in [2.24, 2.45) is 5.10 Å². The fraction of sp³-hybridized carbons (Fsp3) is 0. The standard InChI is InChI=1S/C13H6F5N3O2/c14-8-9(15)11(17)13(12(18)10(8)16)20-19-5-6-2-1-3-7(4-6)21(22)23/h1-5,20H. The molecule has 2 aromatic rings. The molecule has 23 heavy (non-hydrogen) atoms. The van der Waals surface area contributed by atoms with Crippen LogP contribution in [0.2, 0.25) is 0 Å². The van der Waals surface area contributed by atoms with Gasteiger partial charge in [-0.3, -0.25) is 15.5 Å². The Morgan fingerprint density at radius 2 is 1.57 bits per heavy atom. The largest absolute Gasteiger partial charge is 0.272 e. The number of anilines is 1. The molecule has 0 radical (unpaired) electrons.